The van der Waals surface area contributed by atoms with E-state index in [1.54, 1.807) is 0 Å². The molecule has 2 fully saturated rings. The van der Waals surface area contributed by atoms with Crippen molar-refractivity contribution in [3.8, 4) is 0 Å². The summed E-state index contributed by atoms with van der Waals surface area (Å²) in [5.74, 6) is 0.875. The molecular formula is C16H31N3O. The number of rotatable bonds is 5. The normalized spacial score (nSPS) is 29.6. The van der Waals surface area contributed by atoms with Crippen LogP contribution in [0.15, 0.2) is 0 Å². The minimum atomic E-state index is -0.0660. The van der Waals surface area contributed by atoms with Crippen molar-refractivity contribution >= 4 is 5.91 Å². The third kappa shape index (κ3) is 4.19. The van der Waals surface area contributed by atoms with Crippen LogP contribution >= 0.6 is 0 Å². The van der Waals surface area contributed by atoms with Crippen LogP contribution in [0.3, 0.4) is 0 Å². The first-order chi connectivity index (χ1) is 9.51. The van der Waals surface area contributed by atoms with E-state index < -0.39 is 0 Å². The molecule has 1 amide bonds. The van der Waals surface area contributed by atoms with Gasteiger partial charge in [0, 0.05) is 25.7 Å². The maximum atomic E-state index is 12.3. The maximum absolute atomic E-state index is 12.3. The van der Waals surface area contributed by atoms with Crippen molar-refractivity contribution in [1.82, 2.24) is 16.0 Å². The minimum absolute atomic E-state index is 0.0660. The van der Waals surface area contributed by atoms with Gasteiger partial charge in [-0.25, -0.2) is 0 Å². The van der Waals surface area contributed by atoms with Gasteiger partial charge in [0.25, 0.3) is 0 Å². The monoisotopic (exact) mass is 281 g/mol. The van der Waals surface area contributed by atoms with Crippen LogP contribution in [0.1, 0.15) is 52.9 Å². The second-order valence-electron chi connectivity index (χ2n) is 7.29. The van der Waals surface area contributed by atoms with Gasteiger partial charge >= 0.3 is 0 Å². The highest BCUT2D eigenvalue weighted by Crippen LogP contribution is 2.42. The Morgan fingerprint density at radius 3 is 2.50 bits per heavy atom. The average molecular weight is 281 g/mol. The van der Waals surface area contributed by atoms with E-state index in [0.717, 1.165) is 19.6 Å². The first-order valence-electron chi connectivity index (χ1n) is 8.25. The third-order valence-corrected chi connectivity index (χ3v) is 4.80. The molecule has 0 aromatic carbocycles. The van der Waals surface area contributed by atoms with Crippen molar-refractivity contribution in [2.45, 2.75) is 65.0 Å². The predicted octanol–water partition coefficient (Wildman–Crippen LogP) is 1.66. The Labute approximate surface area is 123 Å². The van der Waals surface area contributed by atoms with Gasteiger partial charge < -0.3 is 16.0 Å². The zero-order valence-corrected chi connectivity index (χ0v) is 13.3. The Morgan fingerprint density at radius 2 is 1.95 bits per heavy atom. The molecule has 0 radical (unpaired) electrons. The summed E-state index contributed by atoms with van der Waals surface area (Å²) in [5, 5.41) is 9.90. The molecule has 0 aromatic rings. The summed E-state index contributed by atoms with van der Waals surface area (Å²) in [6.45, 7) is 9.18. The zero-order chi connectivity index (χ0) is 14.6. The van der Waals surface area contributed by atoms with Crippen molar-refractivity contribution in [2.75, 3.05) is 19.6 Å². The summed E-state index contributed by atoms with van der Waals surface area (Å²) in [6, 6.07) is 0.393. The first-order valence-corrected chi connectivity index (χ1v) is 8.25. The standard InChI is InChI=1S/C16H31N3O/c1-12(2)8-16(6-4-5-7-16)11-19-15(20)14-10-17-13(3)9-18-14/h12-14,17-18H,4-11H2,1-3H3,(H,19,20). The lowest BCUT2D eigenvalue weighted by Crippen LogP contribution is -2.59. The lowest BCUT2D eigenvalue weighted by Gasteiger charge is -2.33. The zero-order valence-electron chi connectivity index (χ0n) is 13.3. The number of carbonyl (C=O) groups is 1. The second-order valence-corrected chi connectivity index (χ2v) is 7.29. The molecule has 1 heterocycles. The summed E-state index contributed by atoms with van der Waals surface area (Å²) in [4.78, 5) is 12.3. The van der Waals surface area contributed by atoms with Crippen molar-refractivity contribution < 1.29 is 4.79 Å². The lowest BCUT2D eigenvalue weighted by atomic mass is 9.78. The van der Waals surface area contributed by atoms with E-state index in [4.69, 9.17) is 0 Å². The van der Waals surface area contributed by atoms with Gasteiger partial charge in [0.2, 0.25) is 5.91 Å². The minimum Gasteiger partial charge on any atom is -0.354 e. The summed E-state index contributed by atoms with van der Waals surface area (Å²) >= 11 is 0. The van der Waals surface area contributed by atoms with Gasteiger partial charge in [-0.3, -0.25) is 4.79 Å². The molecule has 3 N–H and O–H groups in total. The summed E-state index contributed by atoms with van der Waals surface area (Å²) in [5.41, 5.74) is 0.360. The molecule has 2 unspecified atom stereocenters. The molecule has 1 saturated heterocycles. The van der Waals surface area contributed by atoms with Crippen LogP contribution in [0, 0.1) is 11.3 Å². The molecule has 20 heavy (non-hydrogen) atoms. The van der Waals surface area contributed by atoms with Gasteiger partial charge in [-0.05, 0) is 37.5 Å². The Balaban J connectivity index is 1.81. The molecule has 1 aliphatic heterocycles. The van der Waals surface area contributed by atoms with Crippen LogP contribution in [0.2, 0.25) is 0 Å². The quantitative estimate of drug-likeness (QED) is 0.718. The molecule has 4 nitrogen and oxygen atoms in total. The molecule has 4 heteroatoms. The molecule has 0 bridgehead atoms. The van der Waals surface area contributed by atoms with E-state index in [9.17, 15) is 4.79 Å². The van der Waals surface area contributed by atoms with Gasteiger partial charge in [0.05, 0.1) is 6.04 Å². The van der Waals surface area contributed by atoms with Gasteiger partial charge in [-0.1, -0.05) is 26.7 Å². The highest BCUT2D eigenvalue weighted by atomic mass is 16.2. The lowest BCUT2D eigenvalue weighted by molar-refractivity contribution is -0.124. The largest absolute Gasteiger partial charge is 0.354 e. The SMILES string of the molecule is CC(C)CC1(CNC(=O)C2CNC(C)CN2)CCCC1. The van der Waals surface area contributed by atoms with Crippen molar-refractivity contribution in [2.24, 2.45) is 11.3 Å². The Hall–Kier alpha value is -0.610. The van der Waals surface area contributed by atoms with Gasteiger partial charge in [-0.15, -0.1) is 0 Å². The number of hydrogen-bond donors (Lipinski definition) is 3. The van der Waals surface area contributed by atoms with E-state index in [0.29, 0.717) is 17.4 Å². The topological polar surface area (TPSA) is 53.2 Å². The van der Waals surface area contributed by atoms with Gasteiger partial charge in [-0.2, -0.15) is 0 Å². The van der Waals surface area contributed by atoms with E-state index in [2.05, 4.69) is 36.7 Å². The molecule has 2 aliphatic rings. The molecule has 0 spiro atoms. The first kappa shape index (κ1) is 15.8. The number of nitrogens with one attached hydrogen (secondary N) is 3. The van der Waals surface area contributed by atoms with Gasteiger partial charge in [0.1, 0.15) is 0 Å². The van der Waals surface area contributed by atoms with E-state index in [1.807, 2.05) is 0 Å². The van der Waals surface area contributed by atoms with Crippen LogP contribution in [-0.2, 0) is 4.79 Å². The highest BCUT2D eigenvalue weighted by molar-refractivity contribution is 5.82. The fourth-order valence-corrected chi connectivity index (χ4v) is 3.81. The van der Waals surface area contributed by atoms with E-state index in [1.165, 1.54) is 32.1 Å². The number of piperazine rings is 1. The van der Waals surface area contributed by atoms with Crippen LogP contribution in [0.4, 0.5) is 0 Å². The summed E-state index contributed by atoms with van der Waals surface area (Å²) < 4.78 is 0. The van der Waals surface area contributed by atoms with E-state index >= 15 is 0 Å². The Morgan fingerprint density at radius 1 is 1.25 bits per heavy atom. The third-order valence-electron chi connectivity index (χ3n) is 4.80. The average Bonchev–Trinajstić information content (AvgIpc) is 2.85. The Kier molecular flexibility index (Phi) is 5.44. The maximum Gasteiger partial charge on any atom is 0.238 e. The molecule has 2 atom stereocenters. The molecule has 2 rings (SSSR count). The van der Waals surface area contributed by atoms with Crippen molar-refractivity contribution in [3.05, 3.63) is 0 Å². The fourth-order valence-electron chi connectivity index (χ4n) is 3.81. The number of hydrogen-bond acceptors (Lipinski definition) is 3. The van der Waals surface area contributed by atoms with E-state index in [-0.39, 0.29) is 11.9 Å². The summed E-state index contributed by atoms with van der Waals surface area (Å²) in [6.07, 6.45) is 6.44. The number of carbonyl (C=O) groups excluding carboxylic acids is 1. The molecule has 0 aromatic heterocycles. The van der Waals surface area contributed by atoms with Crippen LogP contribution in [0.25, 0.3) is 0 Å². The predicted molar refractivity (Wildman–Crippen MR) is 82.6 cm³/mol. The highest BCUT2D eigenvalue weighted by Gasteiger charge is 2.35. The van der Waals surface area contributed by atoms with Gasteiger partial charge in [0.15, 0.2) is 0 Å². The van der Waals surface area contributed by atoms with Crippen LogP contribution < -0.4 is 16.0 Å². The molecule has 116 valence electrons. The smallest absolute Gasteiger partial charge is 0.238 e. The van der Waals surface area contributed by atoms with Crippen molar-refractivity contribution in [1.29, 1.82) is 0 Å². The summed E-state index contributed by atoms with van der Waals surface area (Å²) in [7, 11) is 0. The molecule has 1 saturated carbocycles. The molecule has 1 aliphatic carbocycles. The Bertz CT molecular complexity index is 316. The van der Waals surface area contributed by atoms with Crippen molar-refractivity contribution in [3.63, 3.8) is 0 Å². The second kappa shape index (κ2) is 6.90. The number of amides is 1. The molecular weight excluding hydrogens is 250 g/mol. The van der Waals surface area contributed by atoms with Crippen LogP contribution in [-0.4, -0.2) is 37.6 Å². The van der Waals surface area contributed by atoms with Crippen LogP contribution in [0.5, 0.6) is 0 Å². The fraction of sp³-hybridized carbons (Fsp3) is 0.938.